The molecule has 1 aliphatic heterocycles. The van der Waals surface area contributed by atoms with Crippen molar-refractivity contribution in [3.63, 3.8) is 0 Å². The monoisotopic (exact) mass is 464 g/mol. The number of hydrogen-bond donors (Lipinski definition) is 1. The third-order valence-corrected chi connectivity index (χ3v) is 6.96. The highest BCUT2D eigenvalue weighted by Crippen LogP contribution is 2.27. The van der Waals surface area contributed by atoms with Gasteiger partial charge in [-0.05, 0) is 49.5 Å². The van der Waals surface area contributed by atoms with E-state index in [1.807, 2.05) is 7.05 Å². The Morgan fingerprint density at radius 3 is 2.48 bits per heavy atom. The number of amides is 1. The molecule has 0 aromatic heterocycles. The lowest BCUT2D eigenvalue weighted by atomic mass is 10.1. The number of hydrogen-bond acceptors (Lipinski definition) is 6. The molecule has 2 aromatic rings. The van der Waals surface area contributed by atoms with Gasteiger partial charge in [0.25, 0.3) is 15.9 Å². The average Bonchev–Trinajstić information content (AvgIpc) is 2.77. The number of nitrogens with zero attached hydrogens (tertiary/aromatic N) is 3. The van der Waals surface area contributed by atoms with Crippen LogP contribution in [0.5, 0.6) is 5.75 Å². The third kappa shape index (κ3) is 5.96. The molecule has 10 heteroatoms. The molecule has 8 nitrogen and oxygen atoms in total. The van der Waals surface area contributed by atoms with Crippen LogP contribution in [0.1, 0.15) is 12.8 Å². The van der Waals surface area contributed by atoms with Crippen molar-refractivity contribution in [3.8, 4) is 5.75 Å². The number of likely N-dealkylation sites (tertiary alicyclic amines) is 1. The average molecular weight is 465 g/mol. The predicted octanol–water partition coefficient (Wildman–Crippen LogP) is 2.74. The summed E-state index contributed by atoms with van der Waals surface area (Å²) >= 11 is 6.07. The largest absolute Gasteiger partial charge is 0.497 e. The Balaban J connectivity index is 1.84. The van der Waals surface area contributed by atoms with Gasteiger partial charge in [0.2, 0.25) is 0 Å². The van der Waals surface area contributed by atoms with Crippen LogP contribution in [0.3, 0.4) is 0 Å². The molecule has 1 fully saturated rings. The summed E-state index contributed by atoms with van der Waals surface area (Å²) in [7, 11) is -0.510. The fourth-order valence-corrected chi connectivity index (χ4v) is 4.71. The number of methoxy groups -OCH3 is 1. The van der Waals surface area contributed by atoms with Gasteiger partial charge in [0.05, 0.1) is 17.7 Å². The SMILES string of the molecule is COc1ccc(S(=O)(=O)N(CC(=O)NN=C2CCN(C)CC2)c2cccc(Cl)c2)cc1. The Morgan fingerprint density at radius 1 is 1.19 bits per heavy atom. The Kier molecular flexibility index (Phi) is 7.53. The molecule has 31 heavy (non-hydrogen) atoms. The van der Waals surface area contributed by atoms with E-state index in [0.717, 1.165) is 35.9 Å². The number of nitrogens with one attached hydrogen (secondary N) is 1. The number of halogens is 1. The summed E-state index contributed by atoms with van der Waals surface area (Å²) in [6.07, 6.45) is 1.53. The molecule has 1 N–H and O–H groups in total. The van der Waals surface area contributed by atoms with Crippen LogP contribution >= 0.6 is 11.6 Å². The van der Waals surface area contributed by atoms with Crippen LogP contribution < -0.4 is 14.5 Å². The molecule has 0 bridgehead atoms. The van der Waals surface area contributed by atoms with Gasteiger partial charge >= 0.3 is 0 Å². The van der Waals surface area contributed by atoms with Crippen molar-refractivity contribution in [2.24, 2.45) is 5.10 Å². The summed E-state index contributed by atoms with van der Waals surface area (Å²) in [5.74, 6) is -0.0107. The lowest BCUT2D eigenvalue weighted by molar-refractivity contribution is -0.119. The molecule has 0 spiro atoms. The maximum absolute atomic E-state index is 13.3. The van der Waals surface area contributed by atoms with Gasteiger partial charge in [-0.25, -0.2) is 13.8 Å². The van der Waals surface area contributed by atoms with Gasteiger partial charge in [0, 0.05) is 36.7 Å². The van der Waals surface area contributed by atoms with Crippen molar-refractivity contribution in [1.82, 2.24) is 10.3 Å². The minimum Gasteiger partial charge on any atom is -0.497 e. The van der Waals surface area contributed by atoms with Crippen LogP contribution in [0.25, 0.3) is 0 Å². The molecule has 1 aliphatic rings. The molecule has 0 unspecified atom stereocenters. The maximum Gasteiger partial charge on any atom is 0.264 e. The van der Waals surface area contributed by atoms with E-state index in [4.69, 9.17) is 16.3 Å². The van der Waals surface area contributed by atoms with Gasteiger partial charge < -0.3 is 9.64 Å². The Morgan fingerprint density at radius 2 is 1.87 bits per heavy atom. The number of ether oxygens (including phenoxy) is 1. The van der Waals surface area contributed by atoms with Crippen LogP contribution in [0.2, 0.25) is 5.02 Å². The van der Waals surface area contributed by atoms with Gasteiger partial charge in [-0.3, -0.25) is 9.10 Å². The minimum absolute atomic E-state index is 0.0303. The van der Waals surface area contributed by atoms with Crippen molar-refractivity contribution in [1.29, 1.82) is 0 Å². The molecule has 3 rings (SSSR count). The Hall–Kier alpha value is -2.62. The van der Waals surface area contributed by atoms with Crippen LogP contribution in [0, 0.1) is 0 Å². The van der Waals surface area contributed by atoms with Crippen LogP contribution in [0.15, 0.2) is 58.5 Å². The molecule has 1 saturated heterocycles. The first-order chi connectivity index (χ1) is 14.8. The molecule has 1 amide bonds. The quantitative estimate of drug-likeness (QED) is 0.636. The summed E-state index contributed by atoms with van der Waals surface area (Å²) in [5, 5.41) is 4.55. The minimum atomic E-state index is -4.04. The van der Waals surface area contributed by atoms with E-state index in [9.17, 15) is 13.2 Å². The molecule has 0 atom stereocenters. The highest BCUT2D eigenvalue weighted by molar-refractivity contribution is 7.92. The van der Waals surface area contributed by atoms with E-state index < -0.39 is 22.5 Å². The van der Waals surface area contributed by atoms with E-state index in [1.54, 1.807) is 30.3 Å². The van der Waals surface area contributed by atoms with Gasteiger partial charge in [0.1, 0.15) is 12.3 Å². The number of carbonyl (C=O) groups excluding carboxylic acids is 1. The van der Waals surface area contributed by atoms with E-state index in [-0.39, 0.29) is 10.6 Å². The smallest absolute Gasteiger partial charge is 0.264 e. The Labute approximate surface area is 187 Å². The molecule has 0 radical (unpaired) electrons. The number of sulfonamides is 1. The second-order valence-corrected chi connectivity index (χ2v) is 9.48. The van der Waals surface area contributed by atoms with E-state index >= 15 is 0 Å². The second kappa shape index (κ2) is 10.1. The number of anilines is 1. The van der Waals surface area contributed by atoms with Gasteiger partial charge in [-0.1, -0.05) is 17.7 Å². The number of rotatable bonds is 7. The lowest BCUT2D eigenvalue weighted by Gasteiger charge is -2.24. The summed E-state index contributed by atoms with van der Waals surface area (Å²) in [6, 6.07) is 12.3. The lowest BCUT2D eigenvalue weighted by Crippen LogP contribution is -2.40. The molecular formula is C21H25ClN4O4S. The van der Waals surface area contributed by atoms with E-state index in [0.29, 0.717) is 10.8 Å². The van der Waals surface area contributed by atoms with Crippen molar-refractivity contribution >= 4 is 38.9 Å². The van der Waals surface area contributed by atoms with E-state index in [2.05, 4.69) is 15.4 Å². The standard InChI is InChI=1S/C21H25ClN4O4S/c1-25-12-10-17(11-13-25)23-24-21(27)15-26(18-5-3-4-16(22)14-18)31(28,29)20-8-6-19(30-2)7-9-20/h3-9,14H,10-13,15H2,1-2H3,(H,24,27). The van der Waals surface area contributed by atoms with Crippen LogP contribution in [0.4, 0.5) is 5.69 Å². The summed E-state index contributed by atoms with van der Waals surface area (Å²) in [6.45, 7) is 1.30. The summed E-state index contributed by atoms with van der Waals surface area (Å²) in [5.41, 5.74) is 3.67. The third-order valence-electron chi connectivity index (χ3n) is 4.93. The fourth-order valence-electron chi connectivity index (χ4n) is 3.12. The van der Waals surface area contributed by atoms with Gasteiger partial charge in [-0.2, -0.15) is 5.10 Å². The zero-order valence-electron chi connectivity index (χ0n) is 17.4. The normalized spacial score (nSPS) is 14.7. The predicted molar refractivity (Wildman–Crippen MR) is 121 cm³/mol. The summed E-state index contributed by atoms with van der Waals surface area (Å²) < 4.78 is 32.8. The first kappa shape index (κ1) is 23.1. The molecule has 166 valence electrons. The van der Waals surface area contributed by atoms with Gasteiger partial charge in [0.15, 0.2) is 0 Å². The molecule has 0 saturated carbocycles. The molecule has 2 aromatic carbocycles. The van der Waals surface area contributed by atoms with E-state index in [1.165, 1.54) is 25.3 Å². The molecular weight excluding hydrogens is 440 g/mol. The number of piperidine rings is 1. The number of carbonyl (C=O) groups is 1. The molecule has 1 heterocycles. The highest BCUT2D eigenvalue weighted by Gasteiger charge is 2.27. The zero-order valence-corrected chi connectivity index (χ0v) is 19.0. The van der Waals surface area contributed by atoms with Crippen molar-refractivity contribution < 1.29 is 17.9 Å². The van der Waals surface area contributed by atoms with Crippen LogP contribution in [-0.4, -0.2) is 58.7 Å². The first-order valence-corrected chi connectivity index (χ1v) is 11.6. The van der Waals surface area contributed by atoms with Gasteiger partial charge in [-0.15, -0.1) is 0 Å². The summed E-state index contributed by atoms with van der Waals surface area (Å²) in [4.78, 5) is 14.8. The van der Waals surface area contributed by atoms with Crippen molar-refractivity contribution in [3.05, 3.63) is 53.6 Å². The van der Waals surface area contributed by atoms with Crippen LogP contribution in [-0.2, 0) is 14.8 Å². The highest BCUT2D eigenvalue weighted by atomic mass is 35.5. The fraction of sp³-hybridized carbons (Fsp3) is 0.333. The zero-order chi connectivity index (χ0) is 22.4. The topological polar surface area (TPSA) is 91.3 Å². The maximum atomic E-state index is 13.3. The molecule has 0 aliphatic carbocycles. The van der Waals surface area contributed by atoms with Crippen molar-refractivity contribution in [2.75, 3.05) is 38.1 Å². The second-order valence-electron chi connectivity index (χ2n) is 7.18. The Bertz CT molecular complexity index is 1050. The van der Waals surface area contributed by atoms with Crippen molar-refractivity contribution in [2.45, 2.75) is 17.7 Å². The number of benzene rings is 2. The number of hydrazone groups is 1. The first-order valence-electron chi connectivity index (χ1n) is 9.75.